The van der Waals surface area contributed by atoms with E-state index in [1.165, 1.54) is 34.6 Å². The van der Waals surface area contributed by atoms with Gasteiger partial charge in [-0.25, -0.2) is 17.2 Å². The minimum atomic E-state index is -3.96. The molecule has 0 radical (unpaired) electrons. The van der Waals surface area contributed by atoms with E-state index in [2.05, 4.69) is 5.32 Å². The molecule has 1 N–H and O–H groups in total. The van der Waals surface area contributed by atoms with Gasteiger partial charge in [-0.15, -0.1) is 0 Å². The topological polar surface area (TPSA) is 69.7 Å². The third-order valence-corrected chi connectivity index (χ3v) is 7.38. The first-order chi connectivity index (χ1) is 14.4. The Bertz CT molecular complexity index is 1020. The number of benzene rings is 2. The van der Waals surface area contributed by atoms with Gasteiger partial charge in [0.05, 0.1) is 0 Å². The Kier molecular flexibility index (Phi) is 5.86. The van der Waals surface area contributed by atoms with E-state index in [9.17, 15) is 22.0 Å². The zero-order valence-electron chi connectivity index (χ0n) is 16.3. The summed E-state index contributed by atoms with van der Waals surface area (Å²) in [5, 5.41) is 2.98. The van der Waals surface area contributed by atoms with Gasteiger partial charge in [-0.2, -0.15) is 4.31 Å². The first-order valence-electron chi connectivity index (χ1n) is 9.91. The van der Waals surface area contributed by atoms with Gasteiger partial charge in [0.25, 0.3) is 0 Å². The largest absolute Gasteiger partial charge is 0.352 e. The molecule has 2 aromatic rings. The van der Waals surface area contributed by atoms with Crippen LogP contribution in [0.2, 0.25) is 0 Å². The van der Waals surface area contributed by atoms with Crippen LogP contribution in [0.4, 0.5) is 8.78 Å². The van der Waals surface area contributed by atoms with Crippen LogP contribution < -0.4 is 5.32 Å². The quantitative estimate of drug-likeness (QED) is 0.756. The van der Waals surface area contributed by atoms with Crippen LogP contribution in [0.25, 0.3) is 0 Å². The lowest BCUT2D eigenvalue weighted by molar-refractivity contribution is -0.127. The summed E-state index contributed by atoms with van der Waals surface area (Å²) in [6, 6.07) is 10.6. The summed E-state index contributed by atoms with van der Waals surface area (Å²) in [6.07, 6.45) is 1.88. The van der Waals surface area contributed by atoms with Crippen molar-refractivity contribution in [1.82, 2.24) is 14.5 Å². The summed E-state index contributed by atoms with van der Waals surface area (Å²) in [7, 11) is -3.96. The van der Waals surface area contributed by atoms with Gasteiger partial charge in [0, 0.05) is 32.2 Å². The molecular weight excluding hydrogens is 412 g/mol. The molecule has 1 saturated heterocycles. The van der Waals surface area contributed by atoms with Crippen molar-refractivity contribution in [2.75, 3.05) is 26.2 Å². The number of rotatable bonds is 6. The van der Waals surface area contributed by atoms with Gasteiger partial charge >= 0.3 is 0 Å². The predicted octanol–water partition coefficient (Wildman–Crippen LogP) is 2.29. The number of carbonyl (C=O) groups excluding carboxylic acids is 1. The fraction of sp³-hybridized carbons (Fsp3) is 0.381. The highest BCUT2D eigenvalue weighted by atomic mass is 32.2. The van der Waals surface area contributed by atoms with Crippen molar-refractivity contribution in [3.05, 3.63) is 65.7 Å². The summed E-state index contributed by atoms with van der Waals surface area (Å²) in [4.78, 5) is 14.4. The third-order valence-electron chi connectivity index (χ3n) is 5.45. The van der Waals surface area contributed by atoms with Crippen LogP contribution in [0.1, 0.15) is 24.4 Å². The Labute approximate surface area is 174 Å². The lowest BCUT2D eigenvalue weighted by atomic mass is 10.0. The average Bonchev–Trinajstić information content (AvgIpc) is 3.54. The SMILES string of the molecule is O=C(NC1CC1)[C@@H](c1ccc(F)cc1)N1CCN(S(=O)(=O)c2ccccc2F)CC1. The lowest BCUT2D eigenvalue weighted by Gasteiger charge is -2.38. The Morgan fingerprint density at radius 1 is 0.967 bits per heavy atom. The number of amides is 1. The number of nitrogens with one attached hydrogen (secondary N) is 1. The fourth-order valence-electron chi connectivity index (χ4n) is 3.68. The molecule has 30 heavy (non-hydrogen) atoms. The molecule has 1 atom stereocenters. The smallest absolute Gasteiger partial charge is 0.246 e. The monoisotopic (exact) mass is 435 g/mol. The Balaban J connectivity index is 1.51. The average molecular weight is 435 g/mol. The predicted molar refractivity (Wildman–Crippen MR) is 107 cm³/mol. The molecular formula is C21H23F2N3O3S. The van der Waals surface area contributed by atoms with E-state index in [1.54, 1.807) is 12.1 Å². The van der Waals surface area contributed by atoms with Gasteiger partial charge in [0.15, 0.2) is 0 Å². The molecule has 9 heteroatoms. The van der Waals surface area contributed by atoms with Gasteiger partial charge in [-0.3, -0.25) is 9.69 Å². The third kappa shape index (κ3) is 4.38. The Morgan fingerprint density at radius 2 is 1.60 bits per heavy atom. The van der Waals surface area contributed by atoms with E-state index in [4.69, 9.17) is 0 Å². The summed E-state index contributed by atoms with van der Waals surface area (Å²) < 4.78 is 54.3. The van der Waals surface area contributed by atoms with Crippen molar-refractivity contribution >= 4 is 15.9 Å². The van der Waals surface area contributed by atoms with Crippen LogP contribution >= 0.6 is 0 Å². The maximum atomic E-state index is 14.0. The van der Waals surface area contributed by atoms with Gasteiger partial charge in [-0.1, -0.05) is 24.3 Å². The van der Waals surface area contributed by atoms with Crippen LogP contribution in [-0.4, -0.2) is 55.8 Å². The highest BCUT2D eigenvalue weighted by Crippen LogP contribution is 2.28. The molecule has 1 aliphatic heterocycles. The normalized spacial score (nSPS) is 19.4. The minimum Gasteiger partial charge on any atom is -0.352 e. The molecule has 1 amide bonds. The first-order valence-corrected chi connectivity index (χ1v) is 11.3. The summed E-state index contributed by atoms with van der Waals surface area (Å²) in [5.74, 6) is -1.34. The van der Waals surface area contributed by atoms with E-state index in [1.807, 2.05) is 4.90 Å². The van der Waals surface area contributed by atoms with Crippen molar-refractivity contribution in [3.63, 3.8) is 0 Å². The molecule has 2 fully saturated rings. The number of hydrogen-bond donors (Lipinski definition) is 1. The van der Waals surface area contributed by atoms with Crippen LogP contribution in [0, 0.1) is 11.6 Å². The zero-order chi connectivity index (χ0) is 21.3. The molecule has 0 spiro atoms. The van der Waals surface area contributed by atoms with Crippen molar-refractivity contribution < 1.29 is 22.0 Å². The second kappa shape index (κ2) is 8.41. The van der Waals surface area contributed by atoms with Crippen LogP contribution in [0.3, 0.4) is 0 Å². The maximum absolute atomic E-state index is 14.0. The van der Waals surface area contributed by atoms with Gasteiger partial charge in [0.1, 0.15) is 22.6 Å². The Morgan fingerprint density at radius 3 is 2.20 bits per heavy atom. The number of piperazine rings is 1. The van der Waals surface area contributed by atoms with Gasteiger partial charge in [0.2, 0.25) is 15.9 Å². The second-order valence-corrected chi connectivity index (χ2v) is 9.51. The molecule has 0 unspecified atom stereocenters. The standard InChI is InChI=1S/C21H23F2N3O3S/c22-16-7-5-15(6-8-16)20(21(27)24-17-9-10-17)25-11-13-26(14-12-25)30(28,29)19-4-2-1-3-18(19)23/h1-8,17,20H,9-14H2,(H,24,27)/t20-/m1/s1. The molecule has 160 valence electrons. The van der Waals surface area contributed by atoms with Crippen LogP contribution in [0.5, 0.6) is 0 Å². The molecule has 1 saturated carbocycles. The Hall–Kier alpha value is -2.36. The van der Waals surface area contributed by atoms with Crippen molar-refractivity contribution in [2.45, 2.75) is 29.8 Å². The van der Waals surface area contributed by atoms with Crippen molar-refractivity contribution in [2.24, 2.45) is 0 Å². The number of carbonyl (C=O) groups is 1. The van der Waals surface area contributed by atoms with E-state index in [0.29, 0.717) is 18.7 Å². The number of sulfonamides is 1. The fourth-order valence-corrected chi connectivity index (χ4v) is 5.16. The molecule has 0 aromatic heterocycles. The molecule has 2 aromatic carbocycles. The van der Waals surface area contributed by atoms with Crippen molar-refractivity contribution in [3.8, 4) is 0 Å². The van der Waals surface area contributed by atoms with E-state index in [0.717, 1.165) is 18.9 Å². The van der Waals surface area contributed by atoms with Crippen molar-refractivity contribution in [1.29, 1.82) is 0 Å². The molecule has 6 nitrogen and oxygen atoms in total. The van der Waals surface area contributed by atoms with Crippen LogP contribution in [0.15, 0.2) is 53.4 Å². The van der Waals surface area contributed by atoms with Gasteiger partial charge in [-0.05, 0) is 42.7 Å². The van der Waals surface area contributed by atoms with E-state index < -0.39 is 21.9 Å². The summed E-state index contributed by atoms with van der Waals surface area (Å²) >= 11 is 0. The highest BCUT2D eigenvalue weighted by molar-refractivity contribution is 7.89. The summed E-state index contributed by atoms with van der Waals surface area (Å²) in [5.41, 5.74) is 0.653. The summed E-state index contributed by atoms with van der Waals surface area (Å²) in [6.45, 7) is 0.859. The molecule has 4 rings (SSSR count). The number of hydrogen-bond acceptors (Lipinski definition) is 4. The number of nitrogens with zero attached hydrogens (tertiary/aromatic N) is 2. The zero-order valence-corrected chi connectivity index (χ0v) is 17.1. The number of halogens is 2. The minimum absolute atomic E-state index is 0.130. The first kappa shape index (κ1) is 20.9. The maximum Gasteiger partial charge on any atom is 0.246 e. The molecule has 1 aliphatic carbocycles. The second-order valence-electron chi connectivity index (χ2n) is 7.61. The molecule has 2 aliphatic rings. The molecule has 1 heterocycles. The van der Waals surface area contributed by atoms with E-state index in [-0.39, 0.29) is 35.8 Å². The van der Waals surface area contributed by atoms with E-state index >= 15 is 0 Å². The molecule has 0 bridgehead atoms. The van der Waals surface area contributed by atoms with Gasteiger partial charge < -0.3 is 5.32 Å². The highest BCUT2D eigenvalue weighted by Gasteiger charge is 2.36. The van der Waals surface area contributed by atoms with Crippen LogP contribution in [-0.2, 0) is 14.8 Å². The lowest BCUT2D eigenvalue weighted by Crippen LogP contribution is -2.52.